The summed E-state index contributed by atoms with van der Waals surface area (Å²) in [6.45, 7) is 0. The van der Waals surface area contributed by atoms with Gasteiger partial charge in [-0.2, -0.15) is 4.79 Å². The second kappa shape index (κ2) is 10.0. The maximum atomic E-state index is 12.4. The summed E-state index contributed by atoms with van der Waals surface area (Å²) in [7, 11) is 2.56. The van der Waals surface area contributed by atoms with Crippen LogP contribution in [-0.2, 0) is 23.9 Å². The van der Waals surface area contributed by atoms with Crippen LogP contribution in [0.25, 0.3) is 5.53 Å². The molecule has 8 nitrogen and oxygen atoms in total. The van der Waals surface area contributed by atoms with Crippen molar-refractivity contribution in [2.75, 3.05) is 14.2 Å². The van der Waals surface area contributed by atoms with Crippen LogP contribution in [0.1, 0.15) is 24.5 Å². The molecule has 0 saturated heterocycles. The Kier molecular flexibility index (Phi) is 8.04. The molecule has 128 valence electrons. The van der Waals surface area contributed by atoms with E-state index in [2.05, 4.69) is 14.8 Å². The lowest BCUT2D eigenvalue weighted by molar-refractivity contribution is -0.147. The van der Waals surface area contributed by atoms with Crippen LogP contribution in [0.5, 0.6) is 0 Å². The molecule has 1 amide bonds. The third kappa shape index (κ3) is 5.75. The minimum absolute atomic E-state index is 0.00842. The molecule has 1 rings (SSSR count). The Morgan fingerprint density at radius 2 is 1.92 bits per heavy atom. The highest BCUT2D eigenvalue weighted by molar-refractivity contribution is 6.25. The van der Waals surface area contributed by atoms with Crippen LogP contribution in [0.4, 0.5) is 0 Å². The number of esters is 1. The number of nitrogens with one attached hydrogen (secondary N) is 1. The van der Waals surface area contributed by atoms with Crippen LogP contribution in [0.2, 0.25) is 0 Å². The molecule has 0 aliphatic heterocycles. The molecule has 0 radical (unpaired) electrons. The van der Waals surface area contributed by atoms with E-state index in [4.69, 9.17) is 10.3 Å². The standard InChI is InChI=1S/C16H19N3O5/c1-23-14(11-6-4-3-5-7-11)15(21)19-13(16(22)24-2)9-8-12(20)10-18-17/h3-7,10,13-14H,8-9H2,1-2H3,(H,19,21)/t13-,14-/m0/s1. The first-order valence-electron chi connectivity index (χ1n) is 7.19. The van der Waals surface area contributed by atoms with Gasteiger partial charge in [0.25, 0.3) is 5.91 Å². The number of carbonyl (C=O) groups excluding carboxylic acids is 3. The van der Waals surface area contributed by atoms with Crippen molar-refractivity contribution in [1.29, 1.82) is 0 Å². The summed E-state index contributed by atoms with van der Waals surface area (Å²) < 4.78 is 9.83. The normalized spacial score (nSPS) is 12.4. The van der Waals surface area contributed by atoms with Gasteiger partial charge in [0, 0.05) is 13.5 Å². The van der Waals surface area contributed by atoms with E-state index in [1.54, 1.807) is 30.3 Å². The quantitative estimate of drug-likeness (QED) is 0.308. The van der Waals surface area contributed by atoms with Gasteiger partial charge in [-0.05, 0) is 12.0 Å². The number of ether oxygens (including phenoxy) is 2. The number of rotatable bonds is 9. The molecule has 0 bridgehead atoms. The van der Waals surface area contributed by atoms with E-state index in [1.165, 1.54) is 14.2 Å². The summed E-state index contributed by atoms with van der Waals surface area (Å²) in [5, 5.41) is 2.52. The van der Waals surface area contributed by atoms with E-state index in [0.29, 0.717) is 5.56 Å². The zero-order valence-electron chi connectivity index (χ0n) is 13.5. The molecule has 1 N–H and O–H groups in total. The Balaban J connectivity index is 2.80. The van der Waals surface area contributed by atoms with Crippen LogP contribution < -0.4 is 5.32 Å². The first-order chi connectivity index (χ1) is 11.5. The number of ketones is 1. The summed E-state index contributed by atoms with van der Waals surface area (Å²) in [6.07, 6.45) is -0.243. The minimum Gasteiger partial charge on any atom is -0.467 e. The van der Waals surface area contributed by atoms with Crippen molar-refractivity contribution in [3.8, 4) is 0 Å². The van der Waals surface area contributed by atoms with Crippen LogP contribution in [-0.4, -0.2) is 48.9 Å². The Morgan fingerprint density at radius 3 is 2.46 bits per heavy atom. The third-order valence-electron chi connectivity index (χ3n) is 3.26. The molecule has 0 aromatic heterocycles. The summed E-state index contributed by atoms with van der Waals surface area (Å²) >= 11 is 0. The molecular weight excluding hydrogens is 314 g/mol. The lowest BCUT2D eigenvalue weighted by atomic mass is 10.1. The Bertz CT molecular complexity index is 626. The molecule has 1 aromatic rings. The Hall–Kier alpha value is -2.83. The van der Waals surface area contributed by atoms with E-state index in [9.17, 15) is 14.4 Å². The maximum Gasteiger partial charge on any atom is 0.328 e. The van der Waals surface area contributed by atoms with Gasteiger partial charge in [0.1, 0.15) is 6.04 Å². The van der Waals surface area contributed by atoms with Gasteiger partial charge in [0.15, 0.2) is 6.10 Å². The first kappa shape index (κ1) is 19.2. The number of carbonyl (C=O) groups is 3. The van der Waals surface area contributed by atoms with Gasteiger partial charge in [-0.3, -0.25) is 9.59 Å². The lowest BCUT2D eigenvalue weighted by Gasteiger charge is -2.20. The SMILES string of the molecule is COC(=O)[C@H](CCC(=O)C=[N+]=[N-])NC(=O)[C@@H](OC)c1ccccc1. The van der Waals surface area contributed by atoms with Crippen LogP contribution in [0.15, 0.2) is 30.3 Å². The fourth-order valence-electron chi connectivity index (χ4n) is 2.08. The molecule has 0 saturated carbocycles. The van der Waals surface area contributed by atoms with E-state index in [1.807, 2.05) is 0 Å². The molecule has 1 aromatic carbocycles. The highest BCUT2D eigenvalue weighted by Crippen LogP contribution is 2.17. The Morgan fingerprint density at radius 1 is 1.25 bits per heavy atom. The summed E-state index contributed by atoms with van der Waals surface area (Å²) in [6, 6.07) is 7.77. The fraction of sp³-hybridized carbons (Fsp3) is 0.375. The van der Waals surface area contributed by atoms with Crippen molar-refractivity contribution >= 4 is 23.9 Å². The topological polar surface area (TPSA) is 118 Å². The van der Waals surface area contributed by atoms with Crippen molar-refractivity contribution in [3.05, 3.63) is 41.4 Å². The highest BCUT2D eigenvalue weighted by atomic mass is 16.5. The van der Waals surface area contributed by atoms with Gasteiger partial charge in [-0.15, -0.1) is 0 Å². The smallest absolute Gasteiger partial charge is 0.328 e. The third-order valence-corrected chi connectivity index (χ3v) is 3.26. The van der Waals surface area contributed by atoms with Crippen molar-refractivity contribution in [2.24, 2.45) is 0 Å². The second-order valence-corrected chi connectivity index (χ2v) is 4.86. The zero-order valence-corrected chi connectivity index (χ0v) is 13.5. The minimum atomic E-state index is -1.01. The summed E-state index contributed by atoms with van der Waals surface area (Å²) in [4.78, 5) is 38.2. The van der Waals surface area contributed by atoms with Crippen LogP contribution in [0, 0.1) is 0 Å². The van der Waals surface area contributed by atoms with Crippen molar-refractivity contribution < 1.29 is 28.6 Å². The van der Waals surface area contributed by atoms with Crippen LogP contribution >= 0.6 is 0 Å². The summed E-state index contributed by atoms with van der Waals surface area (Å²) in [5.41, 5.74) is 8.93. The molecule has 0 unspecified atom stereocenters. The maximum absolute atomic E-state index is 12.4. The Labute approximate surface area is 139 Å². The van der Waals surface area contributed by atoms with E-state index < -0.39 is 29.8 Å². The van der Waals surface area contributed by atoms with Crippen LogP contribution in [0.3, 0.4) is 0 Å². The predicted molar refractivity (Wildman–Crippen MR) is 84.1 cm³/mol. The van der Waals surface area contributed by atoms with Gasteiger partial charge in [0.05, 0.1) is 7.11 Å². The highest BCUT2D eigenvalue weighted by Gasteiger charge is 2.27. The van der Waals surface area contributed by atoms with Gasteiger partial charge in [-0.1, -0.05) is 30.3 Å². The molecule has 2 atom stereocenters. The molecule has 24 heavy (non-hydrogen) atoms. The average molecular weight is 333 g/mol. The second-order valence-electron chi connectivity index (χ2n) is 4.86. The fourth-order valence-corrected chi connectivity index (χ4v) is 2.08. The number of methoxy groups -OCH3 is 2. The number of hydrogen-bond donors (Lipinski definition) is 1. The lowest BCUT2D eigenvalue weighted by Crippen LogP contribution is -2.44. The van der Waals surface area contributed by atoms with E-state index in [0.717, 1.165) is 6.21 Å². The van der Waals surface area contributed by atoms with E-state index >= 15 is 0 Å². The van der Waals surface area contributed by atoms with Crippen molar-refractivity contribution in [1.82, 2.24) is 5.32 Å². The average Bonchev–Trinajstić information content (AvgIpc) is 2.59. The molecule has 0 spiro atoms. The zero-order chi connectivity index (χ0) is 17.9. The number of Topliss-reactive ketones (excluding diaryl/α,β-unsaturated/α-hetero) is 1. The molecular formula is C16H19N3O5. The van der Waals surface area contributed by atoms with Gasteiger partial charge in [0.2, 0.25) is 5.78 Å². The monoisotopic (exact) mass is 333 g/mol. The van der Waals surface area contributed by atoms with Gasteiger partial charge < -0.3 is 20.3 Å². The van der Waals surface area contributed by atoms with E-state index in [-0.39, 0.29) is 12.8 Å². The van der Waals surface area contributed by atoms with Gasteiger partial charge >= 0.3 is 12.2 Å². The number of nitrogens with zero attached hydrogens (tertiary/aromatic N) is 2. The number of benzene rings is 1. The van der Waals surface area contributed by atoms with Gasteiger partial charge in [-0.25, -0.2) is 4.79 Å². The number of amides is 1. The number of hydrogen-bond acceptors (Lipinski definition) is 5. The molecule has 8 heteroatoms. The molecule has 0 aliphatic rings. The molecule has 0 fully saturated rings. The largest absolute Gasteiger partial charge is 0.467 e. The summed E-state index contributed by atoms with van der Waals surface area (Å²) in [5.74, 6) is -1.69. The molecule has 0 aliphatic carbocycles. The molecule has 0 heterocycles. The van der Waals surface area contributed by atoms with Crippen molar-refractivity contribution in [2.45, 2.75) is 25.0 Å². The first-order valence-corrected chi connectivity index (χ1v) is 7.19. The predicted octanol–water partition coefficient (Wildman–Crippen LogP) is 0.682. The van der Waals surface area contributed by atoms with Crippen molar-refractivity contribution in [3.63, 3.8) is 0 Å².